The third kappa shape index (κ3) is 5.70. The quantitative estimate of drug-likeness (QED) is 0.288. The van der Waals surface area contributed by atoms with Gasteiger partial charge in [0.05, 0.1) is 5.92 Å². The number of unbranched alkanes of at least 4 members (excludes halogenated alkanes) is 1. The zero-order valence-corrected chi connectivity index (χ0v) is 21.3. The summed E-state index contributed by atoms with van der Waals surface area (Å²) in [7, 11) is -3.14. The van der Waals surface area contributed by atoms with Gasteiger partial charge in [-0.2, -0.15) is 0 Å². The molecule has 2 bridgehead atoms. The van der Waals surface area contributed by atoms with Crippen LogP contribution in [0.4, 0.5) is 0 Å². The number of nitrogens with one attached hydrogen (secondary N) is 1. The number of benzene rings is 1. The second-order valence-corrected chi connectivity index (χ2v) is 11.9. The van der Waals surface area contributed by atoms with E-state index in [4.69, 9.17) is 0 Å². The molecule has 0 aliphatic heterocycles. The summed E-state index contributed by atoms with van der Waals surface area (Å²) < 4.78 is 11.3. The molecule has 4 nitrogen and oxygen atoms in total. The van der Waals surface area contributed by atoms with Gasteiger partial charge in [0.1, 0.15) is 0 Å². The fourth-order valence-corrected chi connectivity index (χ4v) is 6.69. The first kappa shape index (κ1) is 24.3. The van der Waals surface area contributed by atoms with Crippen molar-refractivity contribution in [3.63, 3.8) is 0 Å². The molecule has 0 heterocycles. The Labute approximate surface area is 203 Å². The molecule has 4 rings (SSSR count). The van der Waals surface area contributed by atoms with Gasteiger partial charge in [0.25, 0.3) is 0 Å². The number of amides is 1. The second-order valence-electron chi connectivity index (χ2n) is 9.41. The molecule has 158 valence electrons. The molecule has 0 spiro atoms. The van der Waals surface area contributed by atoms with E-state index in [1.54, 1.807) is 0 Å². The van der Waals surface area contributed by atoms with Gasteiger partial charge in [-0.1, -0.05) is 36.4 Å². The number of aryl methyl sites for hydroxylation is 1. The van der Waals surface area contributed by atoms with E-state index in [2.05, 4.69) is 35.7 Å². The Hall–Kier alpha value is -0.380. The molecule has 0 saturated heterocycles. The van der Waals surface area contributed by atoms with Crippen molar-refractivity contribution in [1.82, 2.24) is 5.32 Å². The summed E-state index contributed by atoms with van der Waals surface area (Å²) in [5.74, 6) is 2.12. The summed E-state index contributed by atoms with van der Waals surface area (Å²) in [6.07, 6.45) is 12.9. The maximum Gasteiger partial charge on any atom is 1.00 e. The van der Waals surface area contributed by atoms with E-state index in [0.29, 0.717) is 24.3 Å². The van der Waals surface area contributed by atoms with Crippen LogP contribution in [-0.2, 0) is 15.8 Å². The van der Waals surface area contributed by atoms with E-state index in [9.17, 15) is 14.3 Å². The van der Waals surface area contributed by atoms with Crippen LogP contribution in [0.5, 0.6) is 0 Å². The van der Waals surface area contributed by atoms with Crippen LogP contribution >= 0.6 is 7.37 Å². The minimum atomic E-state index is -3.14. The fourth-order valence-electron chi connectivity index (χ4n) is 5.94. The van der Waals surface area contributed by atoms with Gasteiger partial charge in [0, 0.05) is 13.4 Å². The normalized spacial score (nSPS) is 31.3. The number of fused-ring (bicyclic) bond motifs is 3. The Morgan fingerprint density at radius 2 is 1.97 bits per heavy atom. The Bertz CT molecular complexity index is 820. The predicted molar refractivity (Wildman–Crippen MR) is 115 cm³/mol. The van der Waals surface area contributed by atoms with E-state index >= 15 is 0 Å². The molecule has 0 aromatic heterocycles. The van der Waals surface area contributed by atoms with Crippen molar-refractivity contribution in [3.8, 4) is 0 Å². The van der Waals surface area contributed by atoms with Gasteiger partial charge < -0.3 is 14.8 Å². The molecule has 6 atom stereocenters. The largest absolute Gasteiger partial charge is 1.00 e. The standard InChI is InChI=1S/C24H34NO3P.Na/c1-29(27,28)15-7-3-2-4-10-21-18-11-12-19(16-18)23(21)25-24(26)22-14-13-17-8-5-6-9-20(17)22;/h2,4-6,8-9,18-19,21-23H,3,7,10-16H2,1H3,(H,25,26)(H,27,28);/q;+1/p-1/b4-2-;/t18?,19-,21?,22?,23?;/m0./s1. The smallest absolute Gasteiger partial charge is 0.799 e. The Kier molecular flexibility index (Phi) is 8.49. The van der Waals surface area contributed by atoms with Crippen molar-refractivity contribution in [2.75, 3.05) is 12.8 Å². The maximum absolute atomic E-state index is 13.1. The molecule has 30 heavy (non-hydrogen) atoms. The first-order valence-corrected chi connectivity index (χ1v) is 13.5. The van der Waals surface area contributed by atoms with Crippen LogP contribution in [0.15, 0.2) is 36.4 Å². The van der Waals surface area contributed by atoms with Crippen LogP contribution in [0, 0.1) is 17.8 Å². The zero-order chi connectivity index (χ0) is 20.4. The minimum absolute atomic E-state index is 0. The molecule has 1 amide bonds. The molecule has 5 unspecified atom stereocenters. The molecule has 6 heteroatoms. The van der Waals surface area contributed by atoms with Crippen LogP contribution in [0.25, 0.3) is 0 Å². The van der Waals surface area contributed by atoms with E-state index in [0.717, 1.165) is 31.6 Å². The van der Waals surface area contributed by atoms with Crippen molar-refractivity contribution in [3.05, 3.63) is 47.5 Å². The van der Waals surface area contributed by atoms with Crippen molar-refractivity contribution >= 4 is 13.3 Å². The zero-order valence-electron chi connectivity index (χ0n) is 18.4. The summed E-state index contributed by atoms with van der Waals surface area (Å²) in [6, 6.07) is 8.67. The van der Waals surface area contributed by atoms with Gasteiger partial charge in [-0.3, -0.25) is 4.79 Å². The monoisotopic (exact) mass is 437 g/mol. The third-order valence-electron chi connectivity index (χ3n) is 7.36. The predicted octanol–water partition coefficient (Wildman–Crippen LogP) is 1.25. The summed E-state index contributed by atoms with van der Waals surface area (Å²) in [5, 5.41) is 3.46. The van der Waals surface area contributed by atoms with Crippen molar-refractivity contribution in [2.24, 2.45) is 17.8 Å². The number of hydrogen-bond acceptors (Lipinski definition) is 3. The van der Waals surface area contributed by atoms with Gasteiger partial charge in [0.15, 0.2) is 0 Å². The number of carbonyl (C=O) groups is 1. The molecular weight excluding hydrogens is 404 g/mol. The molecule has 0 radical (unpaired) electrons. The molecule has 2 fully saturated rings. The first-order chi connectivity index (χ1) is 13.9. The van der Waals surface area contributed by atoms with Crippen molar-refractivity contribution < 1.29 is 43.8 Å². The average molecular weight is 437 g/mol. The first-order valence-electron chi connectivity index (χ1n) is 11.2. The van der Waals surface area contributed by atoms with Crippen LogP contribution < -0.4 is 39.8 Å². The number of carbonyl (C=O) groups excluding carboxylic acids is 1. The van der Waals surface area contributed by atoms with Crippen LogP contribution in [0.2, 0.25) is 0 Å². The molecule has 1 aromatic carbocycles. The maximum atomic E-state index is 13.1. The van der Waals surface area contributed by atoms with Crippen LogP contribution in [-0.4, -0.2) is 24.8 Å². The topological polar surface area (TPSA) is 69.2 Å². The Morgan fingerprint density at radius 3 is 2.77 bits per heavy atom. The van der Waals surface area contributed by atoms with Gasteiger partial charge in [0.2, 0.25) is 5.91 Å². The third-order valence-corrected chi connectivity index (χ3v) is 8.49. The van der Waals surface area contributed by atoms with Crippen LogP contribution in [0.3, 0.4) is 0 Å². The molecule has 3 aliphatic carbocycles. The summed E-state index contributed by atoms with van der Waals surface area (Å²) >= 11 is 0. The summed E-state index contributed by atoms with van der Waals surface area (Å²) in [6.45, 7) is 1.32. The average Bonchev–Trinajstić information content (AvgIpc) is 3.38. The minimum Gasteiger partial charge on any atom is -0.799 e. The van der Waals surface area contributed by atoms with Gasteiger partial charge in [-0.05, 0) is 93.1 Å². The van der Waals surface area contributed by atoms with Gasteiger partial charge >= 0.3 is 29.6 Å². The molecular formula is C24H33NNaO3P. The van der Waals surface area contributed by atoms with E-state index in [1.807, 2.05) is 6.07 Å². The van der Waals surface area contributed by atoms with Crippen LogP contribution in [0.1, 0.15) is 62.0 Å². The van der Waals surface area contributed by atoms with E-state index < -0.39 is 7.37 Å². The molecule has 1 aromatic rings. The Morgan fingerprint density at radius 1 is 1.20 bits per heavy atom. The molecule has 3 aliphatic rings. The number of rotatable bonds is 8. The molecule has 2 saturated carbocycles. The summed E-state index contributed by atoms with van der Waals surface area (Å²) in [4.78, 5) is 24.4. The SMILES string of the molecule is CP(=O)([O-])CCC/C=C\CC1C2CC[C@@H](C2)C1NC(=O)C1CCc2ccccc21.[Na+]. The second kappa shape index (κ2) is 10.5. The van der Waals surface area contributed by atoms with Crippen molar-refractivity contribution in [2.45, 2.75) is 63.3 Å². The van der Waals surface area contributed by atoms with E-state index in [-0.39, 0.29) is 47.5 Å². The van der Waals surface area contributed by atoms with E-state index in [1.165, 1.54) is 37.1 Å². The Balaban J connectivity index is 0.00000256. The molecule has 1 N–H and O–H groups in total. The van der Waals surface area contributed by atoms with Gasteiger partial charge in [-0.15, -0.1) is 0 Å². The number of hydrogen-bond donors (Lipinski definition) is 1. The van der Waals surface area contributed by atoms with Crippen molar-refractivity contribution in [1.29, 1.82) is 0 Å². The fraction of sp³-hybridized carbons (Fsp3) is 0.625. The summed E-state index contributed by atoms with van der Waals surface area (Å²) in [5.41, 5.74) is 2.55. The number of allylic oxidation sites excluding steroid dienone is 2. The van der Waals surface area contributed by atoms with Gasteiger partial charge in [-0.25, -0.2) is 0 Å².